The third-order valence-electron chi connectivity index (χ3n) is 4.04. The molecule has 0 aliphatic heterocycles. The molecular formula is C16H20BrN3O. The van der Waals surface area contributed by atoms with Gasteiger partial charge < -0.3 is 14.6 Å². The van der Waals surface area contributed by atoms with Crippen molar-refractivity contribution >= 4 is 27.6 Å². The van der Waals surface area contributed by atoms with Crippen molar-refractivity contribution in [1.29, 1.82) is 0 Å². The molecule has 3 rings (SSSR count). The summed E-state index contributed by atoms with van der Waals surface area (Å²) in [5.41, 5.74) is 0.926. The molecule has 4 nitrogen and oxygen atoms in total. The van der Waals surface area contributed by atoms with E-state index in [1.54, 1.807) is 7.11 Å². The minimum Gasteiger partial charge on any atom is -0.495 e. The molecule has 0 atom stereocenters. The Balaban J connectivity index is 1.85. The smallest absolute Gasteiger partial charge is 0.207 e. The van der Waals surface area contributed by atoms with Crippen LogP contribution >= 0.6 is 15.9 Å². The number of halogens is 1. The van der Waals surface area contributed by atoms with Gasteiger partial charge in [-0.05, 0) is 31.0 Å². The first-order chi connectivity index (χ1) is 10.3. The van der Waals surface area contributed by atoms with Crippen molar-refractivity contribution in [2.75, 3.05) is 12.4 Å². The van der Waals surface area contributed by atoms with Gasteiger partial charge in [-0.1, -0.05) is 35.2 Å². The fraction of sp³-hybridized carbons (Fsp3) is 0.438. The third kappa shape index (κ3) is 3.23. The van der Waals surface area contributed by atoms with Crippen LogP contribution in [0.15, 0.2) is 35.1 Å². The second kappa shape index (κ2) is 6.52. The topological polar surface area (TPSA) is 39.1 Å². The summed E-state index contributed by atoms with van der Waals surface area (Å²) in [6, 6.07) is 6.48. The van der Waals surface area contributed by atoms with E-state index in [1.807, 2.05) is 24.4 Å². The van der Waals surface area contributed by atoms with Gasteiger partial charge in [0.15, 0.2) is 0 Å². The number of ether oxygens (including phenoxy) is 1. The summed E-state index contributed by atoms with van der Waals surface area (Å²) in [6.07, 6.45) is 10.4. The van der Waals surface area contributed by atoms with Crippen molar-refractivity contribution in [3.05, 3.63) is 35.1 Å². The van der Waals surface area contributed by atoms with E-state index in [9.17, 15) is 0 Å². The van der Waals surface area contributed by atoms with E-state index in [0.29, 0.717) is 6.04 Å². The maximum Gasteiger partial charge on any atom is 0.207 e. The highest BCUT2D eigenvalue weighted by atomic mass is 79.9. The van der Waals surface area contributed by atoms with Gasteiger partial charge in [-0.25, -0.2) is 4.98 Å². The minimum absolute atomic E-state index is 0.557. The molecule has 5 heteroatoms. The van der Waals surface area contributed by atoms with Crippen LogP contribution in [0.3, 0.4) is 0 Å². The number of methoxy groups -OCH3 is 1. The maximum atomic E-state index is 5.41. The van der Waals surface area contributed by atoms with Gasteiger partial charge in [-0.2, -0.15) is 0 Å². The van der Waals surface area contributed by atoms with Crippen LogP contribution in [0.5, 0.6) is 5.75 Å². The number of hydrogen-bond donors (Lipinski definition) is 1. The van der Waals surface area contributed by atoms with Crippen LogP contribution < -0.4 is 10.1 Å². The molecule has 1 aromatic heterocycles. The number of rotatable bonds is 4. The Morgan fingerprint density at radius 1 is 1.29 bits per heavy atom. The lowest BCUT2D eigenvalue weighted by Crippen LogP contribution is -2.14. The van der Waals surface area contributed by atoms with Gasteiger partial charge in [0.1, 0.15) is 5.75 Å². The summed E-state index contributed by atoms with van der Waals surface area (Å²) in [5.74, 6) is 1.70. The SMILES string of the molecule is COc1ccc(Br)cc1Nc1nccn1C1CCCCC1. The molecule has 21 heavy (non-hydrogen) atoms. The van der Waals surface area contributed by atoms with Crippen LogP contribution in [0, 0.1) is 0 Å². The highest BCUT2D eigenvalue weighted by Gasteiger charge is 2.18. The highest BCUT2D eigenvalue weighted by molar-refractivity contribution is 9.10. The average Bonchev–Trinajstić information content (AvgIpc) is 2.96. The van der Waals surface area contributed by atoms with Crippen LogP contribution in [-0.2, 0) is 0 Å². The van der Waals surface area contributed by atoms with Crippen molar-refractivity contribution in [2.24, 2.45) is 0 Å². The predicted octanol–water partition coefficient (Wildman–Crippen LogP) is 4.90. The monoisotopic (exact) mass is 349 g/mol. The van der Waals surface area contributed by atoms with Gasteiger partial charge in [0.05, 0.1) is 12.8 Å². The molecule has 0 amide bonds. The Kier molecular flexibility index (Phi) is 4.48. The van der Waals surface area contributed by atoms with Crippen molar-refractivity contribution in [2.45, 2.75) is 38.1 Å². The molecule has 0 saturated heterocycles. The van der Waals surface area contributed by atoms with Gasteiger partial charge in [-0.3, -0.25) is 0 Å². The number of benzene rings is 1. The summed E-state index contributed by atoms with van der Waals surface area (Å²) < 4.78 is 8.69. The molecule has 1 aromatic carbocycles. The highest BCUT2D eigenvalue weighted by Crippen LogP contribution is 2.34. The van der Waals surface area contributed by atoms with Crippen LogP contribution in [0.25, 0.3) is 0 Å². The molecule has 2 aromatic rings. The molecule has 0 bridgehead atoms. The van der Waals surface area contributed by atoms with Crippen LogP contribution in [-0.4, -0.2) is 16.7 Å². The molecule has 1 heterocycles. The molecule has 0 unspecified atom stereocenters. The summed E-state index contributed by atoms with van der Waals surface area (Å²) in [4.78, 5) is 4.47. The Morgan fingerprint density at radius 2 is 2.10 bits per heavy atom. The second-order valence-electron chi connectivity index (χ2n) is 5.42. The Hall–Kier alpha value is -1.49. The quantitative estimate of drug-likeness (QED) is 0.852. The molecule has 0 spiro atoms. The fourth-order valence-electron chi connectivity index (χ4n) is 2.96. The molecule has 112 valence electrons. The lowest BCUT2D eigenvalue weighted by molar-refractivity contribution is 0.356. The standard InChI is InChI=1S/C16H20BrN3O/c1-21-15-8-7-12(17)11-14(15)19-16-18-9-10-20(16)13-5-3-2-4-6-13/h7-11,13H,2-6H2,1H3,(H,18,19). The van der Waals surface area contributed by atoms with Gasteiger partial charge in [0.25, 0.3) is 0 Å². The van der Waals surface area contributed by atoms with E-state index in [1.165, 1.54) is 32.1 Å². The van der Waals surface area contributed by atoms with Crippen LogP contribution in [0.4, 0.5) is 11.6 Å². The predicted molar refractivity (Wildman–Crippen MR) is 88.3 cm³/mol. The van der Waals surface area contributed by atoms with E-state index in [2.05, 4.69) is 37.0 Å². The zero-order chi connectivity index (χ0) is 14.7. The molecule has 1 aliphatic rings. The zero-order valence-corrected chi connectivity index (χ0v) is 13.8. The summed E-state index contributed by atoms with van der Waals surface area (Å²) in [7, 11) is 1.68. The average molecular weight is 350 g/mol. The van der Waals surface area contributed by atoms with Crippen LogP contribution in [0.2, 0.25) is 0 Å². The number of nitrogens with one attached hydrogen (secondary N) is 1. The van der Waals surface area contributed by atoms with E-state index in [4.69, 9.17) is 4.74 Å². The number of nitrogens with zero attached hydrogens (tertiary/aromatic N) is 2. The first-order valence-corrected chi connectivity index (χ1v) is 8.20. The second-order valence-corrected chi connectivity index (χ2v) is 6.34. The molecule has 1 N–H and O–H groups in total. The number of imidazole rings is 1. The Morgan fingerprint density at radius 3 is 2.86 bits per heavy atom. The van der Waals surface area contributed by atoms with E-state index in [0.717, 1.165) is 21.9 Å². The lowest BCUT2D eigenvalue weighted by Gasteiger charge is -2.25. The lowest BCUT2D eigenvalue weighted by atomic mass is 9.95. The van der Waals surface area contributed by atoms with Crippen LogP contribution in [0.1, 0.15) is 38.1 Å². The first kappa shape index (κ1) is 14.4. The van der Waals surface area contributed by atoms with Crippen molar-refractivity contribution in [3.63, 3.8) is 0 Å². The first-order valence-electron chi connectivity index (χ1n) is 7.41. The summed E-state index contributed by atoms with van der Waals surface area (Å²) >= 11 is 3.50. The third-order valence-corrected chi connectivity index (χ3v) is 4.54. The van der Waals surface area contributed by atoms with E-state index >= 15 is 0 Å². The molecule has 0 radical (unpaired) electrons. The van der Waals surface area contributed by atoms with E-state index in [-0.39, 0.29) is 0 Å². The van der Waals surface area contributed by atoms with Gasteiger partial charge >= 0.3 is 0 Å². The number of aromatic nitrogens is 2. The van der Waals surface area contributed by atoms with Crippen molar-refractivity contribution in [3.8, 4) is 5.75 Å². The van der Waals surface area contributed by atoms with Crippen molar-refractivity contribution < 1.29 is 4.74 Å². The fourth-order valence-corrected chi connectivity index (χ4v) is 3.32. The number of hydrogen-bond acceptors (Lipinski definition) is 3. The maximum absolute atomic E-state index is 5.41. The van der Waals surface area contributed by atoms with Crippen molar-refractivity contribution in [1.82, 2.24) is 9.55 Å². The Bertz CT molecular complexity index is 605. The Labute approximate surface area is 133 Å². The molecule has 1 fully saturated rings. The molecule has 1 aliphatic carbocycles. The molecular weight excluding hydrogens is 330 g/mol. The van der Waals surface area contributed by atoms with Gasteiger partial charge in [-0.15, -0.1) is 0 Å². The minimum atomic E-state index is 0.557. The van der Waals surface area contributed by atoms with Gasteiger partial charge in [0, 0.05) is 22.9 Å². The summed E-state index contributed by atoms with van der Waals surface area (Å²) in [6.45, 7) is 0. The van der Waals surface area contributed by atoms with Gasteiger partial charge in [0.2, 0.25) is 5.95 Å². The molecule has 1 saturated carbocycles. The largest absolute Gasteiger partial charge is 0.495 e. The number of anilines is 2. The zero-order valence-electron chi connectivity index (χ0n) is 12.2. The summed E-state index contributed by atoms with van der Waals surface area (Å²) in [5, 5.41) is 3.41. The normalized spacial score (nSPS) is 15.9. The van der Waals surface area contributed by atoms with E-state index < -0.39 is 0 Å².